The van der Waals surface area contributed by atoms with Crippen molar-refractivity contribution in [3.63, 3.8) is 0 Å². The van der Waals surface area contributed by atoms with E-state index in [4.69, 9.17) is 0 Å². The minimum absolute atomic E-state index is 0.0362. The summed E-state index contributed by atoms with van der Waals surface area (Å²) in [5.74, 6) is -0.277. The molecule has 1 aromatic carbocycles. The lowest BCUT2D eigenvalue weighted by Crippen LogP contribution is -2.46. The zero-order valence-corrected chi connectivity index (χ0v) is 11.8. The molecule has 6 heteroatoms. The third-order valence-corrected chi connectivity index (χ3v) is 2.64. The third kappa shape index (κ3) is 4.72. The number of hydrogen-bond acceptors (Lipinski definition) is 3. The summed E-state index contributed by atoms with van der Waals surface area (Å²) in [6.07, 6.45) is 0. The van der Waals surface area contributed by atoms with Gasteiger partial charge in [0, 0.05) is 17.8 Å². The first kappa shape index (κ1) is 15.7. The first-order valence-corrected chi connectivity index (χ1v) is 6.40. The fraction of sp³-hybridized carbons (Fsp3) is 0.357. The predicted molar refractivity (Wildman–Crippen MR) is 76.7 cm³/mol. The van der Waals surface area contributed by atoms with Gasteiger partial charge in [-0.1, -0.05) is 0 Å². The highest BCUT2D eigenvalue weighted by molar-refractivity contribution is 5.96. The van der Waals surface area contributed by atoms with Crippen LogP contribution in [-0.4, -0.2) is 30.3 Å². The van der Waals surface area contributed by atoms with Crippen LogP contribution in [0.2, 0.25) is 0 Å². The van der Waals surface area contributed by atoms with Gasteiger partial charge < -0.3 is 16.0 Å². The number of nitrogens with one attached hydrogen (secondary N) is 3. The predicted octanol–water partition coefficient (Wildman–Crippen LogP) is 1.54. The molecular weight excluding hydrogens is 258 g/mol. The summed E-state index contributed by atoms with van der Waals surface area (Å²) >= 11 is 0. The van der Waals surface area contributed by atoms with Gasteiger partial charge >= 0.3 is 6.03 Å². The maximum Gasteiger partial charge on any atom is 0.319 e. The normalized spacial score (nSPS) is 11.3. The van der Waals surface area contributed by atoms with E-state index in [1.807, 2.05) is 0 Å². The molecule has 0 heterocycles. The number of carbonyl (C=O) groups excluding carboxylic acids is 3. The summed E-state index contributed by atoms with van der Waals surface area (Å²) in [5.41, 5.74) is 1.13. The molecule has 1 atom stereocenters. The molecule has 0 saturated heterocycles. The zero-order valence-electron chi connectivity index (χ0n) is 11.8. The van der Waals surface area contributed by atoms with Gasteiger partial charge in [-0.05, 0) is 45.0 Å². The van der Waals surface area contributed by atoms with Gasteiger partial charge in [-0.2, -0.15) is 0 Å². The Balaban J connectivity index is 2.54. The minimum Gasteiger partial charge on any atom is -0.355 e. The van der Waals surface area contributed by atoms with E-state index in [1.165, 1.54) is 6.92 Å². The van der Waals surface area contributed by atoms with Crippen LogP contribution >= 0.6 is 0 Å². The molecule has 0 saturated carbocycles. The average molecular weight is 277 g/mol. The van der Waals surface area contributed by atoms with Crippen molar-refractivity contribution in [3.05, 3.63) is 29.8 Å². The van der Waals surface area contributed by atoms with Gasteiger partial charge in [-0.15, -0.1) is 0 Å². The lowest BCUT2D eigenvalue weighted by Gasteiger charge is -2.14. The van der Waals surface area contributed by atoms with E-state index in [1.54, 1.807) is 38.1 Å². The second-order valence-corrected chi connectivity index (χ2v) is 4.35. The van der Waals surface area contributed by atoms with Gasteiger partial charge in [-0.3, -0.25) is 9.59 Å². The maximum absolute atomic E-state index is 11.7. The summed E-state index contributed by atoms with van der Waals surface area (Å²) in [4.78, 5) is 34.3. The van der Waals surface area contributed by atoms with Gasteiger partial charge in [0.15, 0.2) is 5.78 Å². The summed E-state index contributed by atoms with van der Waals surface area (Å²) in [5, 5.41) is 7.73. The van der Waals surface area contributed by atoms with Crippen LogP contribution in [0.1, 0.15) is 31.1 Å². The molecule has 0 fully saturated rings. The van der Waals surface area contributed by atoms with E-state index >= 15 is 0 Å². The highest BCUT2D eigenvalue weighted by Gasteiger charge is 2.14. The van der Waals surface area contributed by atoms with Crippen molar-refractivity contribution in [1.82, 2.24) is 10.6 Å². The largest absolute Gasteiger partial charge is 0.355 e. The number of urea groups is 1. The third-order valence-electron chi connectivity index (χ3n) is 2.64. The second kappa shape index (κ2) is 7.28. The molecule has 0 spiro atoms. The number of ketones is 1. The van der Waals surface area contributed by atoms with Gasteiger partial charge in [0.2, 0.25) is 5.91 Å². The SMILES string of the molecule is CCNC(=O)C(C)NC(=O)Nc1ccc(C(C)=O)cc1. The van der Waals surface area contributed by atoms with Crippen LogP contribution in [0.15, 0.2) is 24.3 Å². The maximum atomic E-state index is 11.7. The number of likely N-dealkylation sites (N-methyl/N-ethyl adjacent to an activating group) is 1. The van der Waals surface area contributed by atoms with Crippen molar-refractivity contribution < 1.29 is 14.4 Å². The van der Waals surface area contributed by atoms with Gasteiger partial charge in [0.25, 0.3) is 0 Å². The first-order valence-electron chi connectivity index (χ1n) is 6.40. The number of benzene rings is 1. The van der Waals surface area contributed by atoms with E-state index in [0.717, 1.165) is 0 Å². The van der Waals surface area contributed by atoms with E-state index in [0.29, 0.717) is 17.8 Å². The minimum atomic E-state index is -0.619. The Morgan fingerprint density at radius 2 is 1.75 bits per heavy atom. The first-order chi connectivity index (χ1) is 9.43. The number of hydrogen-bond donors (Lipinski definition) is 3. The van der Waals surface area contributed by atoms with E-state index in [9.17, 15) is 14.4 Å². The second-order valence-electron chi connectivity index (χ2n) is 4.35. The van der Waals surface area contributed by atoms with Gasteiger partial charge in [0.05, 0.1) is 0 Å². The summed E-state index contributed by atoms with van der Waals surface area (Å²) in [6.45, 7) is 5.40. The Bertz CT molecular complexity index is 497. The molecule has 0 radical (unpaired) electrons. The number of rotatable bonds is 5. The number of amides is 3. The Morgan fingerprint density at radius 3 is 2.25 bits per heavy atom. The molecule has 3 amide bonds. The van der Waals surface area contributed by atoms with Crippen LogP contribution in [0.25, 0.3) is 0 Å². The molecule has 20 heavy (non-hydrogen) atoms. The standard InChI is InChI=1S/C14H19N3O3/c1-4-15-13(19)9(2)16-14(20)17-12-7-5-11(6-8-12)10(3)18/h5-9H,4H2,1-3H3,(H,15,19)(H2,16,17,20). The zero-order chi connectivity index (χ0) is 15.1. The highest BCUT2D eigenvalue weighted by Crippen LogP contribution is 2.09. The highest BCUT2D eigenvalue weighted by atomic mass is 16.2. The van der Waals surface area contributed by atoms with Crippen LogP contribution in [0.4, 0.5) is 10.5 Å². The van der Waals surface area contributed by atoms with Crippen LogP contribution in [0, 0.1) is 0 Å². The van der Waals surface area contributed by atoms with Crippen LogP contribution in [0.3, 0.4) is 0 Å². The molecule has 1 unspecified atom stereocenters. The van der Waals surface area contributed by atoms with Gasteiger partial charge in [0.1, 0.15) is 6.04 Å². The summed E-state index contributed by atoms with van der Waals surface area (Å²) in [7, 11) is 0. The van der Waals surface area contributed by atoms with Crippen molar-refractivity contribution in [2.75, 3.05) is 11.9 Å². The fourth-order valence-corrected chi connectivity index (χ4v) is 1.54. The molecule has 0 bridgehead atoms. The van der Waals surface area contributed by atoms with Crippen molar-refractivity contribution >= 4 is 23.4 Å². The summed E-state index contributed by atoms with van der Waals surface area (Å²) in [6, 6.07) is 5.43. The monoisotopic (exact) mass is 277 g/mol. The van der Waals surface area contributed by atoms with E-state index in [-0.39, 0.29) is 11.7 Å². The molecule has 6 nitrogen and oxygen atoms in total. The molecular formula is C14H19N3O3. The van der Waals surface area contributed by atoms with Crippen LogP contribution in [-0.2, 0) is 4.79 Å². The molecule has 0 aliphatic heterocycles. The Labute approximate surface area is 117 Å². The van der Waals surface area contributed by atoms with Crippen LogP contribution in [0.5, 0.6) is 0 Å². The van der Waals surface area contributed by atoms with Crippen molar-refractivity contribution in [3.8, 4) is 0 Å². The van der Waals surface area contributed by atoms with Crippen molar-refractivity contribution in [2.24, 2.45) is 0 Å². The molecule has 3 N–H and O–H groups in total. The molecule has 0 aromatic heterocycles. The molecule has 1 rings (SSSR count). The lowest BCUT2D eigenvalue weighted by atomic mass is 10.1. The fourth-order valence-electron chi connectivity index (χ4n) is 1.54. The quantitative estimate of drug-likeness (QED) is 0.713. The number of anilines is 1. The van der Waals surface area contributed by atoms with Gasteiger partial charge in [-0.25, -0.2) is 4.79 Å². The van der Waals surface area contributed by atoms with Crippen molar-refractivity contribution in [2.45, 2.75) is 26.8 Å². The molecule has 0 aliphatic rings. The Kier molecular flexibility index (Phi) is 5.71. The number of Topliss-reactive ketones (excluding diaryl/α,β-unsaturated/α-hetero) is 1. The Hall–Kier alpha value is -2.37. The molecule has 1 aromatic rings. The summed E-state index contributed by atoms with van der Waals surface area (Å²) < 4.78 is 0. The van der Waals surface area contributed by atoms with E-state index < -0.39 is 12.1 Å². The lowest BCUT2D eigenvalue weighted by molar-refractivity contribution is -0.122. The molecule has 0 aliphatic carbocycles. The van der Waals surface area contributed by atoms with Crippen LogP contribution < -0.4 is 16.0 Å². The van der Waals surface area contributed by atoms with Crippen molar-refractivity contribution in [1.29, 1.82) is 0 Å². The average Bonchev–Trinajstić information content (AvgIpc) is 2.39. The van der Waals surface area contributed by atoms with E-state index in [2.05, 4.69) is 16.0 Å². The topological polar surface area (TPSA) is 87.3 Å². The molecule has 108 valence electrons. The smallest absolute Gasteiger partial charge is 0.319 e. The number of carbonyl (C=O) groups is 3. The Morgan fingerprint density at radius 1 is 1.15 bits per heavy atom.